The summed E-state index contributed by atoms with van der Waals surface area (Å²) in [5.41, 5.74) is 1.34. The highest BCUT2D eigenvalue weighted by Gasteiger charge is 2.42. The van der Waals surface area contributed by atoms with E-state index < -0.39 is 0 Å². The van der Waals surface area contributed by atoms with Crippen molar-refractivity contribution >= 4 is 23.2 Å². The van der Waals surface area contributed by atoms with Gasteiger partial charge in [-0.2, -0.15) is 0 Å². The van der Waals surface area contributed by atoms with Crippen LogP contribution in [0.2, 0.25) is 0 Å². The summed E-state index contributed by atoms with van der Waals surface area (Å²) in [5, 5.41) is 5.33. The van der Waals surface area contributed by atoms with Crippen LogP contribution in [0.3, 0.4) is 0 Å². The second-order valence-electron chi connectivity index (χ2n) is 4.36. The fraction of sp³-hybridized carbons (Fsp3) is 0. The summed E-state index contributed by atoms with van der Waals surface area (Å²) >= 11 is 0. The highest BCUT2D eigenvalue weighted by molar-refractivity contribution is 6.29. The molecule has 6 nitrogen and oxygen atoms in total. The third kappa shape index (κ3) is 1.33. The lowest BCUT2D eigenvalue weighted by Gasteiger charge is -2.02. The Hall–Kier alpha value is -3.02. The van der Waals surface area contributed by atoms with Crippen LogP contribution in [0.25, 0.3) is 11.4 Å². The maximum Gasteiger partial charge on any atom is 0.258 e. The molecule has 0 radical (unpaired) electrons. The summed E-state index contributed by atoms with van der Waals surface area (Å²) < 4.78 is 10.5. The molecule has 0 unspecified atom stereocenters. The van der Waals surface area contributed by atoms with Crippen molar-refractivity contribution in [3.63, 3.8) is 0 Å². The number of furan rings is 2. The van der Waals surface area contributed by atoms with Crippen molar-refractivity contribution < 1.29 is 18.4 Å². The van der Waals surface area contributed by atoms with E-state index in [-0.39, 0.29) is 23.0 Å². The fourth-order valence-electron chi connectivity index (χ4n) is 2.39. The molecular weight excluding hydrogens is 260 g/mol. The summed E-state index contributed by atoms with van der Waals surface area (Å²) in [4.78, 5) is 24.3. The van der Waals surface area contributed by atoms with E-state index >= 15 is 0 Å². The lowest BCUT2D eigenvalue weighted by atomic mass is 10.1. The molecule has 0 bridgehead atoms. The van der Waals surface area contributed by atoms with E-state index in [4.69, 9.17) is 8.83 Å². The first kappa shape index (κ1) is 10.9. The van der Waals surface area contributed by atoms with E-state index in [2.05, 4.69) is 10.6 Å². The van der Waals surface area contributed by atoms with Crippen molar-refractivity contribution in [3.05, 3.63) is 59.5 Å². The van der Waals surface area contributed by atoms with Gasteiger partial charge in [-0.1, -0.05) is 0 Å². The maximum atomic E-state index is 12.1. The summed E-state index contributed by atoms with van der Waals surface area (Å²) in [5.74, 6) is 0.186. The smallest absolute Gasteiger partial charge is 0.258 e. The van der Waals surface area contributed by atoms with Crippen LogP contribution in [0.5, 0.6) is 0 Å². The minimum Gasteiger partial charge on any atom is -0.463 e. The van der Waals surface area contributed by atoms with Crippen LogP contribution < -0.4 is 10.6 Å². The highest BCUT2D eigenvalue weighted by Crippen LogP contribution is 2.37. The Morgan fingerprint density at radius 2 is 1.20 bits per heavy atom. The first-order valence-electron chi connectivity index (χ1n) is 5.95. The van der Waals surface area contributed by atoms with Gasteiger partial charge in [0, 0.05) is 0 Å². The van der Waals surface area contributed by atoms with E-state index in [1.165, 1.54) is 12.5 Å². The number of fused-ring (bicyclic) bond motifs is 1. The van der Waals surface area contributed by atoms with Gasteiger partial charge in [-0.3, -0.25) is 9.59 Å². The number of hydrogen-bond donors (Lipinski definition) is 2. The summed E-state index contributed by atoms with van der Waals surface area (Å²) in [6.07, 6.45) is 2.97. The number of nitrogens with one attached hydrogen (secondary N) is 2. The molecule has 2 aliphatic heterocycles. The van der Waals surface area contributed by atoms with Crippen LogP contribution >= 0.6 is 0 Å². The molecule has 2 aromatic rings. The number of carbonyl (C=O) groups is 2. The van der Waals surface area contributed by atoms with Gasteiger partial charge in [0.1, 0.15) is 0 Å². The Balaban J connectivity index is 1.95. The quantitative estimate of drug-likeness (QED) is 0.858. The number of hydrogen-bond acceptors (Lipinski definition) is 4. The normalized spacial score (nSPS) is 17.6. The van der Waals surface area contributed by atoms with Crippen LogP contribution in [0, 0.1) is 0 Å². The molecule has 4 heterocycles. The van der Waals surface area contributed by atoms with Gasteiger partial charge >= 0.3 is 0 Å². The molecule has 2 amide bonds. The molecule has 20 heavy (non-hydrogen) atoms. The van der Waals surface area contributed by atoms with Crippen molar-refractivity contribution in [2.75, 3.05) is 0 Å². The van der Waals surface area contributed by atoms with E-state index in [0.717, 1.165) is 0 Å². The zero-order valence-corrected chi connectivity index (χ0v) is 10.1. The molecule has 0 saturated carbocycles. The standard InChI is InChI=1S/C14H8N2O4/c17-13-9-10(12(16-13)8-4-2-6-20-8)14(18)15-11(9)7-3-1-5-19-7/h1-6H,(H,15,18)(H,16,17). The monoisotopic (exact) mass is 268 g/mol. The van der Waals surface area contributed by atoms with Crippen molar-refractivity contribution in [2.24, 2.45) is 0 Å². The molecule has 2 aromatic heterocycles. The van der Waals surface area contributed by atoms with Crippen LogP contribution in [0.1, 0.15) is 11.5 Å². The van der Waals surface area contributed by atoms with Gasteiger partial charge < -0.3 is 19.5 Å². The van der Waals surface area contributed by atoms with Crippen molar-refractivity contribution in [1.82, 2.24) is 10.6 Å². The Morgan fingerprint density at radius 3 is 1.55 bits per heavy atom. The molecule has 0 fully saturated rings. The molecule has 0 saturated heterocycles. The van der Waals surface area contributed by atoms with Gasteiger partial charge in [0.25, 0.3) is 11.8 Å². The maximum absolute atomic E-state index is 12.1. The largest absolute Gasteiger partial charge is 0.463 e. The van der Waals surface area contributed by atoms with Crippen LogP contribution in [-0.4, -0.2) is 11.8 Å². The van der Waals surface area contributed by atoms with E-state index in [1.807, 2.05) is 0 Å². The third-order valence-corrected chi connectivity index (χ3v) is 3.22. The molecule has 6 heteroatoms. The number of rotatable bonds is 2. The van der Waals surface area contributed by atoms with Crippen molar-refractivity contribution in [2.45, 2.75) is 0 Å². The second kappa shape index (κ2) is 3.74. The van der Waals surface area contributed by atoms with E-state index in [1.54, 1.807) is 24.3 Å². The minimum atomic E-state index is -0.351. The molecule has 0 atom stereocenters. The van der Waals surface area contributed by atoms with Crippen LogP contribution in [0.4, 0.5) is 0 Å². The average Bonchev–Trinajstić information content (AvgIpc) is 3.17. The van der Waals surface area contributed by atoms with Gasteiger partial charge in [0.15, 0.2) is 11.5 Å². The topological polar surface area (TPSA) is 84.5 Å². The second-order valence-corrected chi connectivity index (χ2v) is 4.36. The Labute approximate surface area is 112 Å². The predicted molar refractivity (Wildman–Crippen MR) is 67.5 cm³/mol. The zero-order valence-electron chi connectivity index (χ0n) is 10.1. The zero-order chi connectivity index (χ0) is 13.7. The Kier molecular flexibility index (Phi) is 2.03. The molecular formula is C14H8N2O4. The first-order chi connectivity index (χ1) is 9.75. The van der Waals surface area contributed by atoms with Crippen molar-refractivity contribution in [3.8, 4) is 0 Å². The molecule has 2 N–H and O–H groups in total. The molecule has 98 valence electrons. The first-order valence-corrected chi connectivity index (χ1v) is 5.95. The van der Waals surface area contributed by atoms with Gasteiger partial charge in [0.2, 0.25) is 0 Å². The van der Waals surface area contributed by atoms with Gasteiger partial charge in [-0.05, 0) is 24.3 Å². The van der Waals surface area contributed by atoms with Gasteiger partial charge in [0.05, 0.1) is 35.1 Å². The van der Waals surface area contributed by atoms with E-state index in [9.17, 15) is 9.59 Å². The average molecular weight is 268 g/mol. The summed E-state index contributed by atoms with van der Waals surface area (Å²) in [7, 11) is 0. The van der Waals surface area contributed by atoms with Crippen LogP contribution in [-0.2, 0) is 9.59 Å². The summed E-state index contributed by atoms with van der Waals surface area (Å²) in [6, 6.07) is 6.75. The molecule has 0 spiro atoms. The fourth-order valence-corrected chi connectivity index (χ4v) is 2.39. The lowest BCUT2D eigenvalue weighted by molar-refractivity contribution is -0.117. The molecule has 0 aromatic carbocycles. The highest BCUT2D eigenvalue weighted by atomic mass is 16.3. The Bertz CT molecular complexity index is 711. The Morgan fingerprint density at radius 1 is 0.750 bits per heavy atom. The SMILES string of the molecule is O=C1NC(c2ccco2)=C2C(=O)NC(c3ccco3)=C12. The predicted octanol–water partition coefficient (Wildman–Crippen LogP) is 1.25. The number of carbonyl (C=O) groups excluding carboxylic acids is 2. The lowest BCUT2D eigenvalue weighted by Crippen LogP contribution is -2.21. The summed E-state index contributed by atoms with van der Waals surface area (Å²) in [6.45, 7) is 0. The third-order valence-electron chi connectivity index (χ3n) is 3.22. The van der Waals surface area contributed by atoms with E-state index in [0.29, 0.717) is 22.9 Å². The van der Waals surface area contributed by atoms with Gasteiger partial charge in [-0.15, -0.1) is 0 Å². The van der Waals surface area contributed by atoms with Crippen LogP contribution in [0.15, 0.2) is 56.8 Å². The molecule has 2 aliphatic rings. The minimum absolute atomic E-state index is 0.288. The molecule has 0 aliphatic carbocycles. The number of amides is 2. The van der Waals surface area contributed by atoms with Gasteiger partial charge in [-0.25, -0.2) is 0 Å². The molecule has 4 rings (SSSR count). The van der Waals surface area contributed by atoms with Crippen molar-refractivity contribution in [1.29, 1.82) is 0 Å².